The summed E-state index contributed by atoms with van der Waals surface area (Å²) in [6, 6.07) is 14.1. The summed E-state index contributed by atoms with van der Waals surface area (Å²) < 4.78 is 25.9. The number of carbonyl (C=O) groups is 2. The van der Waals surface area contributed by atoms with Crippen molar-refractivity contribution >= 4 is 23.3 Å². The van der Waals surface area contributed by atoms with Crippen molar-refractivity contribution in [3.63, 3.8) is 0 Å². The molecular weight excluding hydrogens is 499 g/mol. The predicted octanol–water partition coefficient (Wildman–Crippen LogP) is 4.62. The SMILES string of the molecule is CC(=O)C1=NN2c3cc(F)ccc3OCC2[C@@]1(CCCN1CCN(C(=O)OC(C)(C)C)CC1)c1ccccc1. The second kappa shape index (κ2) is 10.6. The number of Topliss-reactive ketones (excluding diaryl/α,β-unsaturated/α-hetero) is 1. The minimum absolute atomic E-state index is 0.0998. The number of amides is 1. The van der Waals surface area contributed by atoms with E-state index in [2.05, 4.69) is 4.90 Å². The van der Waals surface area contributed by atoms with Crippen LogP contribution in [-0.2, 0) is 14.9 Å². The monoisotopic (exact) mass is 536 g/mol. The number of hydrogen-bond donors (Lipinski definition) is 0. The largest absolute Gasteiger partial charge is 0.489 e. The highest BCUT2D eigenvalue weighted by Gasteiger charge is 2.55. The molecule has 1 saturated heterocycles. The number of piperazine rings is 1. The molecule has 8 nitrogen and oxygen atoms in total. The van der Waals surface area contributed by atoms with E-state index in [9.17, 15) is 14.0 Å². The van der Waals surface area contributed by atoms with Crippen LogP contribution in [-0.4, -0.2) is 78.4 Å². The summed E-state index contributed by atoms with van der Waals surface area (Å²) in [6.45, 7) is 11.1. The average molecular weight is 537 g/mol. The van der Waals surface area contributed by atoms with Crippen LogP contribution in [0.1, 0.15) is 46.1 Å². The Kier molecular flexibility index (Phi) is 7.37. The van der Waals surface area contributed by atoms with Gasteiger partial charge in [-0.25, -0.2) is 9.18 Å². The second-order valence-electron chi connectivity index (χ2n) is 11.5. The van der Waals surface area contributed by atoms with Gasteiger partial charge < -0.3 is 14.4 Å². The van der Waals surface area contributed by atoms with Gasteiger partial charge in [0.25, 0.3) is 0 Å². The molecule has 1 amide bonds. The van der Waals surface area contributed by atoms with E-state index in [0.29, 0.717) is 43.3 Å². The Labute approximate surface area is 229 Å². The van der Waals surface area contributed by atoms with Gasteiger partial charge in [-0.1, -0.05) is 30.3 Å². The fourth-order valence-electron chi connectivity index (χ4n) is 5.97. The number of ether oxygens (including phenoxy) is 2. The third kappa shape index (κ3) is 5.37. The molecule has 39 heavy (non-hydrogen) atoms. The lowest BCUT2D eigenvalue weighted by Gasteiger charge is -2.42. The molecule has 0 aliphatic carbocycles. The Bertz CT molecular complexity index is 1250. The molecule has 0 radical (unpaired) electrons. The smallest absolute Gasteiger partial charge is 0.410 e. The minimum atomic E-state index is -0.699. The zero-order valence-electron chi connectivity index (χ0n) is 23.2. The van der Waals surface area contributed by atoms with Crippen LogP contribution in [0.25, 0.3) is 0 Å². The van der Waals surface area contributed by atoms with Crippen LogP contribution >= 0.6 is 0 Å². The molecule has 3 aliphatic rings. The first-order valence-corrected chi connectivity index (χ1v) is 13.7. The number of halogens is 1. The summed E-state index contributed by atoms with van der Waals surface area (Å²) >= 11 is 0. The normalized spacial score (nSPS) is 23.0. The average Bonchev–Trinajstić information content (AvgIpc) is 3.25. The molecule has 0 bridgehead atoms. The van der Waals surface area contributed by atoms with Gasteiger partial charge in [-0.05, 0) is 57.9 Å². The minimum Gasteiger partial charge on any atom is -0.489 e. The van der Waals surface area contributed by atoms with Crippen LogP contribution in [0.2, 0.25) is 0 Å². The molecule has 0 N–H and O–H groups in total. The molecule has 1 fully saturated rings. The molecule has 3 aliphatic heterocycles. The number of nitrogens with zero attached hydrogens (tertiary/aromatic N) is 4. The van der Waals surface area contributed by atoms with Gasteiger partial charge in [0.05, 0.1) is 5.41 Å². The van der Waals surface area contributed by atoms with Gasteiger partial charge in [0.2, 0.25) is 0 Å². The Morgan fingerprint density at radius 1 is 1.10 bits per heavy atom. The number of hydrazone groups is 1. The lowest BCUT2D eigenvalue weighted by Crippen LogP contribution is -2.54. The summed E-state index contributed by atoms with van der Waals surface area (Å²) in [6.07, 6.45) is 1.22. The first kappa shape index (κ1) is 27.1. The molecule has 0 aromatic heterocycles. The van der Waals surface area contributed by atoms with Crippen molar-refractivity contribution in [3.8, 4) is 5.75 Å². The number of benzene rings is 2. The molecule has 0 spiro atoms. The summed E-state index contributed by atoms with van der Waals surface area (Å²) in [5, 5.41) is 6.62. The third-order valence-corrected chi connectivity index (χ3v) is 7.75. The van der Waals surface area contributed by atoms with E-state index >= 15 is 0 Å². The molecule has 2 aromatic carbocycles. The van der Waals surface area contributed by atoms with Gasteiger partial charge >= 0.3 is 6.09 Å². The molecular formula is C30H37FN4O4. The van der Waals surface area contributed by atoms with Gasteiger partial charge in [-0.15, -0.1) is 0 Å². The van der Waals surface area contributed by atoms with Gasteiger partial charge in [-0.2, -0.15) is 5.10 Å². The third-order valence-electron chi connectivity index (χ3n) is 7.75. The maximum Gasteiger partial charge on any atom is 0.410 e. The van der Waals surface area contributed by atoms with Gasteiger partial charge in [0, 0.05) is 39.2 Å². The van der Waals surface area contributed by atoms with Crippen molar-refractivity contribution in [3.05, 3.63) is 59.9 Å². The van der Waals surface area contributed by atoms with E-state index < -0.39 is 11.0 Å². The molecule has 5 rings (SSSR count). The fraction of sp³-hybridized carbons (Fsp3) is 0.500. The number of anilines is 1. The summed E-state index contributed by atoms with van der Waals surface area (Å²) in [5.41, 5.74) is 0.815. The van der Waals surface area contributed by atoms with Crippen LogP contribution in [0, 0.1) is 5.82 Å². The number of rotatable bonds is 6. The van der Waals surface area contributed by atoms with Crippen molar-refractivity contribution < 1.29 is 23.5 Å². The highest BCUT2D eigenvalue weighted by Crippen LogP contribution is 2.48. The van der Waals surface area contributed by atoms with Gasteiger partial charge in [0.1, 0.15) is 41.2 Å². The summed E-state index contributed by atoms with van der Waals surface area (Å²) in [7, 11) is 0. The van der Waals surface area contributed by atoms with E-state index in [-0.39, 0.29) is 23.7 Å². The molecule has 3 heterocycles. The number of carbonyl (C=O) groups excluding carboxylic acids is 2. The highest BCUT2D eigenvalue weighted by atomic mass is 19.1. The van der Waals surface area contributed by atoms with Crippen LogP contribution in [0.5, 0.6) is 5.75 Å². The Morgan fingerprint density at radius 2 is 1.82 bits per heavy atom. The topological polar surface area (TPSA) is 74.7 Å². The summed E-state index contributed by atoms with van der Waals surface area (Å²) in [4.78, 5) is 29.6. The Morgan fingerprint density at radius 3 is 2.49 bits per heavy atom. The lowest BCUT2D eigenvalue weighted by atomic mass is 9.67. The number of fused-ring (bicyclic) bond motifs is 3. The highest BCUT2D eigenvalue weighted by molar-refractivity contribution is 6.43. The van der Waals surface area contributed by atoms with Crippen LogP contribution in [0.4, 0.5) is 14.9 Å². The number of hydrogen-bond acceptors (Lipinski definition) is 7. The lowest BCUT2D eigenvalue weighted by molar-refractivity contribution is -0.111. The van der Waals surface area contributed by atoms with Crippen LogP contribution in [0.3, 0.4) is 0 Å². The van der Waals surface area contributed by atoms with Crippen molar-refractivity contribution in [2.45, 2.75) is 57.6 Å². The predicted molar refractivity (Wildman–Crippen MR) is 148 cm³/mol. The van der Waals surface area contributed by atoms with Crippen molar-refractivity contribution in [2.75, 3.05) is 44.3 Å². The van der Waals surface area contributed by atoms with E-state index in [1.54, 1.807) is 22.9 Å². The molecule has 9 heteroatoms. The zero-order chi connectivity index (χ0) is 27.8. The maximum absolute atomic E-state index is 14.3. The van der Waals surface area contributed by atoms with Gasteiger partial charge in [-0.3, -0.25) is 14.7 Å². The van der Waals surface area contributed by atoms with E-state index in [4.69, 9.17) is 14.6 Å². The van der Waals surface area contributed by atoms with Crippen molar-refractivity contribution in [1.29, 1.82) is 0 Å². The molecule has 0 saturated carbocycles. The molecule has 1 unspecified atom stereocenters. The zero-order valence-corrected chi connectivity index (χ0v) is 23.2. The second-order valence-corrected chi connectivity index (χ2v) is 11.5. The van der Waals surface area contributed by atoms with Gasteiger partial charge in [0.15, 0.2) is 5.78 Å². The van der Waals surface area contributed by atoms with E-state index in [0.717, 1.165) is 31.6 Å². The fourth-order valence-corrected chi connectivity index (χ4v) is 5.97. The first-order valence-electron chi connectivity index (χ1n) is 13.7. The standard InChI is InChI=1S/C30H37FN4O4/c1-21(36)27-30(22-9-6-5-7-10-22,26-20-38-25-12-11-23(31)19-24(25)35(26)32-27)13-8-14-33-15-17-34(18-16-33)28(37)39-29(2,3)4/h5-7,9-12,19,26H,8,13-18,20H2,1-4H3/t26?,30-/m1/s1. The molecule has 2 atom stereocenters. The summed E-state index contributed by atoms with van der Waals surface area (Å²) in [5.74, 6) is 0.0866. The van der Waals surface area contributed by atoms with Crippen molar-refractivity contribution in [2.24, 2.45) is 5.10 Å². The Hall–Kier alpha value is -3.46. The molecule has 208 valence electrons. The van der Waals surface area contributed by atoms with Crippen LogP contribution < -0.4 is 9.75 Å². The van der Waals surface area contributed by atoms with Crippen molar-refractivity contribution in [1.82, 2.24) is 9.80 Å². The van der Waals surface area contributed by atoms with Crippen LogP contribution in [0.15, 0.2) is 53.6 Å². The first-order chi connectivity index (χ1) is 18.6. The van der Waals surface area contributed by atoms with E-state index in [1.165, 1.54) is 12.1 Å². The quantitative estimate of drug-likeness (QED) is 0.536. The van der Waals surface area contributed by atoms with E-state index in [1.807, 2.05) is 51.1 Å². The maximum atomic E-state index is 14.3. The Balaban J connectivity index is 1.35. The molecule has 2 aromatic rings. The number of ketones is 1.